The van der Waals surface area contributed by atoms with E-state index < -0.39 is 0 Å². The largest absolute Gasteiger partial charge is 0.508 e. The van der Waals surface area contributed by atoms with Gasteiger partial charge in [-0.3, -0.25) is 0 Å². The molecular formula is C14H20FNO2. The summed E-state index contributed by atoms with van der Waals surface area (Å²) in [6, 6.07) is 4.37. The summed E-state index contributed by atoms with van der Waals surface area (Å²) < 4.78 is 18.3. The number of halogens is 1. The van der Waals surface area contributed by atoms with Gasteiger partial charge in [0.25, 0.3) is 0 Å². The number of piperidine rings is 1. The molecule has 0 spiro atoms. The van der Waals surface area contributed by atoms with Crippen molar-refractivity contribution in [1.82, 2.24) is 4.90 Å². The van der Waals surface area contributed by atoms with Gasteiger partial charge in [-0.25, -0.2) is 4.39 Å². The molecule has 0 amide bonds. The molecule has 18 heavy (non-hydrogen) atoms. The first-order valence-corrected chi connectivity index (χ1v) is 6.40. The summed E-state index contributed by atoms with van der Waals surface area (Å²) in [5.74, 6) is 0.0176. The van der Waals surface area contributed by atoms with Crippen molar-refractivity contribution in [2.24, 2.45) is 0 Å². The number of rotatable bonds is 4. The predicted molar refractivity (Wildman–Crippen MR) is 68.4 cm³/mol. The van der Waals surface area contributed by atoms with Gasteiger partial charge in [0, 0.05) is 19.7 Å². The number of hydrogen-bond donors (Lipinski definition) is 1. The molecule has 1 heterocycles. The number of phenolic OH excluding ortho intramolecular Hbond substituents is 1. The summed E-state index contributed by atoms with van der Waals surface area (Å²) in [6.45, 7) is 3.72. The van der Waals surface area contributed by atoms with E-state index >= 15 is 0 Å². The molecule has 0 aliphatic carbocycles. The van der Waals surface area contributed by atoms with Crippen LogP contribution >= 0.6 is 0 Å². The second-order valence-corrected chi connectivity index (χ2v) is 4.85. The zero-order valence-electron chi connectivity index (χ0n) is 10.7. The molecule has 3 nitrogen and oxygen atoms in total. The first-order valence-electron chi connectivity index (χ1n) is 6.40. The lowest BCUT2D eigenvalue weighted by atomic mass is 9.89. The number of phenols is 1. The molecule has 0 saturated carbocycles. The van der Waals surface area contributed by atoms with Crippen LogP contribution in [-0.4, -0.2) is 43.4 Å². The monoisotopic (exact) mass is 253 g/mol. The highest BCUT2D eigenvalue weighted by Gasteiger charge is 2.21. The van der Waals surface area contributed by atoms with E-state index in [9.17, 15) is 9.50 Å². The molecule has 1 saturated heterocycles. The number of likely N-dealkylation sites (tertiary alicyclic amines) is 1. The first-order chi connectivity index (χ1) is 8.69. The first kappa shape index (κ1) is 13.3. The number of methoxy groups -OCH3 is 1. The standard InChI is InChI=1S/C14H20FNO2/c1-18-7-6-16-4-2-11(3-5-16)12-8-13(15)10-14(17)9-12/h8-11,17H,2-7H2,1H3. The Labute approximate surface area is 107 Å². The smallest absolute Gasteiger partial charge is 0.127 e. The van der Waals surface area contributed by atoms with E-state index in [0.29, 0.717) is 5.92 Å². The van der Waals surface area contributed by atoms with Crippen molar-refractivity contribution in [3.8, 4) is 5.75 Å². The summed E-state index contributed by atoms with van der Waals surface area (Å²) in [4.78, 5) is 2.36. The van der Waals surface area contributed by atoms with Crippen LogP contribution in [-0.2, 0) is 4.74 Å². The normalized spacial score (nSPS) is 18.1. The van der Waals surface area contributed by atoms with E-state index in [0.717, 1.165) is 50.7 Å². The minimum absolute atomic E-state index is 0.0202. The fourth-order valence-corrected chi connectivity index (χ4v) is 2.54. The summed E-state index contributed by atoms with van der Waals surface area (Å²) >= 11 is 0. The number of ether oxygens (including phenoxy) is 1. The highest BCUT2D eigenvalue weighted by Crippen LogP contribution is 2.30. The molecule has 4 heteroatoms. The zero-order chi connectivity index (χ0) is 13.0. The SMILES string of the molecule is COCCN1CCC(c2cc(O)cc(F)c2)CC1. The maximum atomic E-state index is 13.2. The second-order valence-electron chi connectivity index (χ2n) is 4.85. The highest BCUT2D eigenvalue weighted by molar-refractivity contribution is 5.31. The van der Waals surface area contributed by atoms with Crippen LogP contribution in [0.2, 0.25) is 0 Å². The molecule has 0 unspecified atom stereocenters. The summed E-state index contributed by atoms with van der Waals surface area (Å²) in [5.41, 5.74) is 0.916. The lowest BCUT2D eigenvalue weighted by Crippen LogP contribution is -2.35. The molecule has 2 rings (SSSR count). The van der Waals surface area contributed by atoms with Gasteiger partial charge in [-0.1, -0.05) is 0 Å². The van der Waals surface area contributed by atoms with Crippen LogP contribution in [0.1, 0.15) is 24.3 Å². The van der Waals surface area contributed by atoms with Crippen molar-refractivity contribution in [3.05, 3.63) is 29.6 Å². The molecule has 1 fully saturated rings. The van der Waals surface area contributed by atoms with Crippen LogP contribution in [0.25, 0.3) is 0 Å². The quantitative estimate of drug-likeness (QED) is 0.894. The van der Waals surface area contributed by atoms with Crippen LogP contribution in [0, 0.1) is 5.82 Å². The Morgan fingerprint density at radius 3 is 2.67 bits per heavy atom. The molecule has 1 aliphatic heterocycles. The Morgan fingerprint density at radius 2 is 2.06 bits per heavy atom. The molecule has 1 aromatic carbocycles. The summed E-state index contributed by atoms with van der Waals surface area (Å²) in [6.07, 6.45) is 2.01. The Morgan fingerprint density at radius 1 is 1.33 bits per heavy atom. The van der Waals surface area contributed by atoms with E-state index in [1.807, 2.05) is 0 Å². The molecule has 1 N–H and O–H groups in total. The van der Waals surface area contributed by atoms with Crippen molar-refractivity contribution >= 4 is 0 Å². The van der Waals surface area contributed by atoms with Gasteiger partial charge in [0.05, 0.1) is 6.61 Å². The summed E-state index contributed by atoms with van der Waals surface area (Å²) in [5, 5.41) is 9.43. The average molecular weight is 253 g/mol. The van der Waals surface area contributed by atoms with Gasteiger partial charge >= 0.3 is 0 Å². The van der Waals surface area contributed by atoms with Crippen molar-refractivity contribution in [2.75, 3.05) is 33.4 Å². The van der Waals surface area contributed by atoms with E-state index in [-0.39, 0.29) is 11.6 Å². The van der Waals surface area contributed by atoms with Gasteiger partial charge in [0.1, 0.15) is 11.6 Å². The van der Waals surface area contributed by atoms with E-state index in [4.69, 9.17) is 4.74 Å². The molecule has 1 aromatic rings. The van der Waals surface area contributed by atoms with Gasteiger partial charge in [0.2, 0.25) is 0 Å². The van der Waals surface area contributed by atoms with E-state index in [1.165, 1.54) is 6.07 Å². The Bertz CT molecular complexity index is 369. The van der Waals surface area contributed by atoms with Gasteiger partial charge in [-0.05, 0) is 49.5 Å². The fraction of sp³-hybridized carbons (Fsp3) is 0.571. The maximum absolute atomic E-state index is 13.2. The topological polar surface area (TPSA) is 32.7 Å². The number of nitrogens with zero attached hydrogens (tertiary/aromatic N) is 1. The van der Waals surface area contributed by atoms with Gasteiger partial charge in [-0.2, -0.15) is 0 Å². The van der Waals surface area contributed by atoms with Crippen LogP contribution in [0.5, 0.6) is 5.75 Å². The van der Waals surface area contributed by atoms with Crippen LogP contribution < -0.4 is 0 Å². The Balaban J connectivity index is 1.92. The molecule has 100 valence electrons. The van der Waals surface area contributed by atoms with Crippen molar-refractivity contribution in [2.45, 2.75) is 18.8 Å². The van der Waals surface area contributed by atoms with Crippen molar-refractivity contribution < 1.29 is 14.2 Å². The van der Waals surface area contributed by atoms with Crippen LogP contribution in [0.15, 0.2) is 18.2 Å². The average Bonchev–Trinajstić information content (AvgIpc) is 2.36. The minimum atomic E-state index is -0.355. The lowest BCUT2D eigenvalue weighted by Gasteiger charge is -2.32. The predicted octanol–water partition coefficient (Wildman–Crippen LogP) is 2.36. The molecule has 0 aromatic heterocycles. The third-order valence-electron chi connectivity index (χ3n) is 3.58. The number of hydrogen-bond acceptors (Lipinski definition) is 3. The van der Waals surface area contributed by atoms with Crippen molar-refractivity contribution in [1.29, 1.82) is 0 Å². The fourth-order valence-electron chi connectivity index (χ4n) is 2.54. The molecule has 0 bridgehead atoms. The second kappa shape index (κ2) is 6.16. The third kappa shape index (κ3) is 3.43. The van der Waals surface area contributed by atoms with Crippen LogP contribution in [0.3, 0.4) is 0 Å². The molecular weight excluding hydrogens is 233 g/mol. The lowest BCUT2D eigenvalue weighted by molar-refractivity contribution is 0.130. The van der Waals surface area contributed by atoms with E-state index in [1.54, 1.807) is 13.2 Å². The number of aromatic hydroxyl groups is 1. The highest BCUT2D eigenvalue weighted by atomic mass is 19.1. The molecule has 0 radical (unpaired) electrons. The third-order valence-corrected chi connectivity index (χ3v) is 3.58. The number of benzene rings is 1. The van der Waals surface area contributed by atoms with E-state index in [2.05, 4.69) is 4.90 Å². The van der Waals surface area contributed by atoms with Crippen molar-refractivity contribution in [3.63, 3.8) is 0 Å². The minimum Gasteiger partial charge on any atom is -0.508 e. The van der Waals surface area contributed by atoms with Gasteiger partial charge < -0.3 is 14.7 Å². The Kier molecular flexibility index (Phi) is 4.55. The Hall–Kier alpha value is -1.13. The van der Waals surface area contributed by atoms with Crippen LogP contribution in [0.4, 0.5) is 4.39 Å². The molecule has 1 aliphatic rings. The van der Waals surface area contributed by atoms with Gasteiger partial charge in [-0.15, -0.1) is 0 Å². The van der Waals surface area contributed by atoms with Gasteiger partial charge in [0.15, 0.2) is 0 Å². The maximum Gasteiger partial charge on any atom is 0.127 e. The molecule has 0 atom stereocenters. The zero-order valence-corrected chi connectivity index (χ0v) is 10.7. The summed E-state index contributed by atoms with van der Waals surface area (Å²) in [7, 11) is 1.71.